The highest BCUT2D eigenvalue weighted by atomic mass is 16.6. The van der Waals surface area contributed by atoms with E-state index in [4.69, 9.17) is 43.6 Å². The van der Waals surface area contributed by atoms with Gasteiger partial charge in [-0.1, -0.05) is 36.4 Å². The maximum absolute atomic E-state index is 13.4. The Labute approximate surface area is 668 Å². The average Bonchev–Trinajstić information content (AvgIpc) is 1.29. The number of hydrogen-bond donors (Lipinski definition) is 9. The van der Waals surface area contributed by atoms with E-state index in [1.165, 1.54) is 26.0 Å². The van der Waals surface area contributed by atoms with Crippen LogP contribution < -0.4 is 52.8 Å². The van der Waals surface area contributed by atoms with E-state index in [0.717, 1.165) is 53.0 Å². The van der Waals surface area contributed by atoms with Gasteiger partial charge in [-0.2, -0.15) is 0 Å². The third-order valence-corrected chi connectivity index (χ3v) is 19.5. The lowest BCUT2D eigenvalue weighted by Gasteiger charge is -2.44. The van der Waals surface area contributed by atoms with Gasteiger partial charge in [-0.15, -0.1) is 0 Å². The second kappa shape index (κ2) is 44.3. The second-order valence-corrected chi connectivity index (χ2v) is 28.1. The first-order valence-corrected chi connectivity index (χ1v) is 38.8. The Hall–Kier alpha value is -10.7. The minimum absolute atomic E-state index is 0.00180. The molecule has 115 heavy (non-hydrogen) atoms. The lowest BCUT2D eigenvalue weighted by molar-refractivity contribution is -0.136. The number of anilines is 6. The summed E-state index contributed by atoms with van der Waals surface area (Å²) in [5, 5.41) is 29.6. The van der Waals surface area contributed by atoms with E-state index < -0.39 is 29.7 Å². The molecule has 0 saturated heterocycles. The van der Waals surface area contributed by atoms with E-state index in [1.807, 2.05) is 40.9 Å². The van der Waals surface area contributed by atoms with Crippen molar-refractivity contribution in [3.63, 3.8) is 0 Å². The number of fused-ring (bicyclic) bond motifs is 1. The molecule has 3 aliphatic rings. The third-order valence-electron chi connectivity index (χ3n) is 19.5. The summed E-state index contributed by atoms with van der Waals surface area (Å²) in [6, 6.07) is 17.0. The number of nitrogens with one attached hydrogen (secondary N) is 7. The van der Waals surface area contributed by atoms with Gasteiger partial charge in [0.1, 0.15) is 18.0 Å². The van der Waals surface area contributed by atoms with Crippen LogP contribution in [0.1, 0.15) is 116 Å². The molecule has 1 fully saturated rings. The number of imidazole rings is 3. The first kappa shape index (κ1) is 86.7. The van der Waals surface area contributed by atoms with Crippen LogP contribution in [-0.4, -0.2) is 253 Å². The van der Waals surface area contributed by atoms with Crippen LogP contribution in [0.5, 0.6) is 0 Å². The predicted molar refractivity (Wildman–Crippen MR) is 426 cm³/mol. The number of aliphatic hydroxyl groups excluding tert-OH is 1. The first-order chi connectivity index (χ1) is 55.7. The van der Waals surface area contributed by atoms with Crippen molar-refractivity contribution < 1.29 is 81.4 Å². The molecule has 2 aromatic carbocycles. The minimum Gasteiger partial charge on any atom is -0.392 e. The van der Waals surface area contributed by atoms with Gasteiger partial charge >= 0.3 is 0 Å². The van der Waals surface area contributed by atoms with Crippen LogP contribution in [0.2, 0.25) is 0 Å². The van der Waals surface area contributed by atoms with Crippen LogP contribution in [0.4, 0.5) is 34.5 Å². The molecule has 10 N–H and O–H groups in total. The molecule has 1 unspecified atom stereocenters. The predicted octanol–water partition coefficient (Wildman–Crippen LogP) is 3.47. The third kappa shape index (κ3) is 26.2. The zero-order valence-corrected chi connectivity index (χ0v) is 66.4. The molecule has 36 heteroatoms. The molecule has 7 heterocycles. The number of hydrogen-bond acceptors (Lipinski definition) is 23. The number of aromatic nitrogens is 8. The molecular weight excluding hydrogens is 1490 g/mol. The van der Waals surface area contributed by atoms with Gasteiger partial charge in [0.2, 0.25) is 35.4 Å². The van der Waals surface area contributed by atoms with Crippen molar-refractivity contribution in [2.75, 3.05) is 177 Å². The zero-order valence-electron chi connectivity index (χ0n) is 66.4. The first-order valence-electron chi connectivity index (χ1n) is 38.8. The molecule has 0 spiro atoms. The molecule has 2 atom stereocenters. The standard InChI is InChI=1S/C79H109N19O17/c1-54(100)98-64-14-13-57(43-65(64)97(50-68(98)56-11-12-56)46-58-9-7-8-10-59(58)52-99)55-18-25-96(26-19-55)72(103)53-115-42-41-114-40-39-113-38-37-112-36-35-111-34-33-110-32-31-109-30-29-108-28-24-81-70(101)16-21-84-77(106)73-90-69(51-95(73)6)89-71(102)17-22-83-76(105)66-44-60(47-92(66)3)86-78(107)74-88-63(49-94(74)5)62(80)15-20-82-75(104)67-45-61(48-93(67)4)87-79-85-23-27-91(79)2/h7-10,13-14,18,23,27,43-45,47-49,51,56,62,68,99H,11-12,15-17,19-22,24-26,28-42,46,50,52-53,80H2,1-6H3,(H,81,101)(H,82,104)(H,83,105)(H,84,106)(H,85,87)(H,86,107)(H,89,102)/t62?,68-/m1/s1. The lowest BCUT2D eigenvalue weighted by atomic mass is 9.95. The minimum atomic E-state index is -0.596. The molecule has 10 rings (SSSR count). The summed E-state index contributed by atoms with van der Waals surface area (Å²) in [6.45, 7) is 10.00. The summed E-state index contributed by atoms with van der Waals surface area (Å²) in [5.41, 5.74) is 14.7. The molecule has 2 aliphatic heterocycles. The van der Waals surface area contributed by atoms with Crippen LogP contribution in [0, 0.1) is 5.92 Å². The fraction of sp³-hybridized carbons (Fsp3) is 0.506. The number of ether oxygens (including phenoxy) is 8. The lowest BCUT2D eigenvalue weighted by Crippen LogP contribution is -2.52. The van der Waals surface area contributed by atoms with Gasteiger partial charge in [0, 0.05) is 145 Å². The van der Waals surface area contributed by atoms with Crippen molar-refractivity contribution in [1.82, 2.24) is 64.0 Å². The largest absolute Gasteiger partial charge is 0.392 e. The highest BCUT2D eigenvalue weighted by Crippen LogP contribution is 2.46. The van der Waals surface area contributed by atoms with Gasteiger partial charge in [0.05, 0.1) is 146 Å². The summed E-state index contributed by atoms with van der Waals surface area (Å²) in [6.07, 6.45) is 15.2. The Morgan fingerprint density at radius 2 is 1.15 bits per heavy atom. The number of carbonyl (C=O) groups is 8. The Bertz CT molecular complexity index is 4430. The van der Waals surface area contributed by atoms with Crippen LogP contribution in [0.25, 0.3) is 5.57 Å². The fourth-order valence-corrected chi connectivity index (χ4v) is 13.2. The number of aryl methyl sites for hydroxylation is 5. The molecule has 5 aromatic heterocycles. The van der Waals surface area contributed by atoms with Crippen molar-refractivity contribution >= 4 is 87.3 Å². The number of amides is 8. The molecule has 0 bridgehead atoms. The summed E-state index contributed by atoms with van der Waals surface area (Å²) < 4.78 is 52.7. The van der Waals surface area contributed by atoms with Gasteiger partial charge in [-0.3, -0.25) is 38.4 Å². The van der Waals surface area contributed by atoms with Gasteiger partial charge in [-0.05, 0) is 78.1 Å². The van der Waals surface area contributed by atoms with Gasteiger partial charge < -0.3 is 123 Å². The Morgan fingerprint density at radius 3 is 1.75 bits per heavy atom. The number of aliphatic hydroxyl groups is 1. The Kier molecular flexibility index (Phi) is 33.4. The Morgan fingerprint density at radius 1 is 0.574 bits per heavy atom. The number of rotatable bonds is 49. The summed E-state index contributed by atoms with van der Waals surface area (Å²) >= 11 is 0. The van der Waals surface area contributed by atoms with Crippen LogP contribution in [0.15, 0.2) is 97.9 Å². The summed E-state index contributed by atoms with van der Waals surface area (Å²) in [7, 11) is 8.49. The van der Waals surface area contributed by atoms with Crippen molar-refractivity contribution in [3.05, 3.63) is 143 Å². The molecule has 0 radical (unpaired) electrons. The molecule has 36 nitrogen and oxygen atoms in total. The van der Waals surface area contributed by atoms with E-state index in [0.29, 0.717) is 153 Å². The number of nitrogens with zero attached hydrogens (tertiary/aromatic N) is 11. The highest BCUT2D eigenvalue weighted by molar-refractivity contribution is 6.03. The number of benzene rings is 2. The normalized spacial score (nSPS) is 14.3. The fourth-order valence-electron chi connectivity index (χ4n) is 13.2. The van der Waals surface area contributed by atoms with E-state index in [9.17, 15) is 43.5 Å². The van der Waals surface area contributed by atoms with E-state index >= 15 is 0 Å². The molecule has 7 aromatic rings. The van der Waals surface area contributed by atoms with E-state index in [2.05, 4.69) is 87.4 Å². The second-order valence-electron chi connectivity index (χ2n) is 28.1. The van der Waals surface area contributed by atoms with E-state index in [-0.39, 0.29) is 118 Å². The number of carbonyl (C=O) groups excluding carboxylic acids is 8. The summed E-state index contributed by atoms with van der Waals surface area (Å²) in [4.78, 5) is 123. The topological polar surface area (TPSA) is 414 Å². The molecule has 8 amide bonds. The van der Waals surface area contributed by atoms with Crippen molar-refractivity contribution in [2.24, 2.45) is 46.9 Å². The van der Waals surface area contributed by atoms with Crippen LogP contribution in [0.3, 0.4) is 0 Å². The Balaban J connectivity index is 0.473. The van der Waals surface area contributed by atoms with E-state index in [1.54, 1.807) is 75.4 Å². The quantitative estimate of drug-likeness (QED) is 0.0247. The van der Waals surface area contributed by atoms with Crippen molar-refractivity contribution in [1.29, 1.82) is 0 Å². The van der Waals surface area contributed by atoms with Crippen molar-refractivity contribution in [2.45, 2.75) is 70.7 Å². The van der Waals surface area contributed by atoms with Gasteiger partial charge in [0.25, 0.3) is 23.6 Å². The smallest absolute Gasteiger partial charge is 0.291 e. The zero-order chi connectivity index (χ0) is 81.6. The molecule has 1 aliphatic carbocycles. The van der Waals surface area contributed by atoms with Gasteiger partial charge in [0.15, 0.2) is 11.6 Å². The molecule has 622 valence electrons. The van der Waals surface area contributed by atoms with Crippen molar-refractivity contribution in [3.8, 4) is 0 Å². The van der Waals surface area contributed by atoms with Gasteiger partial charge in [-0.25, -0.2) is 15.0 Å². The average molecular weight is 1600 g/mol. The van der Waals surface area contributed by atoms with Crippen LogP contribution in [-0.2, 0) is 105 Å². The highest BCUT2D eigenvalue weighted by Gasteiger charge is 2.43. The van der Waals surface area contributed by atoms with Crippen LogP contribution >= 0.6 is 0 Å². The number of nitrogens with two attached hydrogens (primary N) is 1. The summed E-state index contributed by atoms with van der Waals surface area (Å²) in [5.74, 6) is -1.38. The molecule has 1 saturated carbocycles. The molecular formula is C79H109N19O17. The monoisotopic (exact) mass is 1600 g/mol. The maximum atomic E-state index is 13.4. The SMILES string of the molecule is CC(=O)N1c2ccc(C3=CCN(C(=O)COCCOCCOCCOCCOCCOCCOCCOCCNC(=O)CCNC(=O)c4nc(NC(=O)CCNC(=O)c5cc(NC(=O)c6nc(C(N)CCNC(=O)c7cc(Nc8nccn8C)cn7C)cn6C)cn5C)cn4C)CC3)cc2N(Cc2ccccc2CO)C[C@@H]1C1CC1. The maximum Gasteiger partial charge on any atom is 0.291 e.